The van der Waals surface area contributed by atoms with E-state index >= 15 is 0 Å². The van der Waals surface area contributed by atoms with Crippen LogP contribution >= 0.6 is 0 Å². The molecule has 0 fully saturated rings. The molecule has 6 heteroatoms. The Morgan fingerprint density at radius 1 is 1.33 bits per heavy atom. The number of aromatic nitrogens is 4. The number of fused-ring (bicyclic) bond motifs is 1. The summed E-state index contributed by atoms with van der Waals surface area (Å²) in [5, 5.41) is 0. The van der Waals surface area contributed by atoms with Crippen LogP contribution in [-0.4, -0.2) is 26.1 Å². The van der Waals surface area contributed by atoms with Gasteiger partial charge in [0.25, 0.3) is 0 Å². The van der Waals surface area contributed by atoms with Crippen LogP contribution in [0.5, 0.6) is 0 Å². The van der Waals surface area contributed by atoms with Crippen molar-refractivity contribution in [1.29, 1.82) is 0 Å². The lowest BCUT2D eigenvalue weighted by Gasteiger charge is -2.28. The summed E-state index contributed by atoms with van der Waals surface area (Å²) in [4.78, 5) is 15.5. The summed E-state index contributed by atoms with van der Waals surface area (Å²) in [7, 11) is 0. The lowest BCUT2D eigenvalue weighted by atomic mass is 10.3. The first-order chi connectivity index (χ1) is 8.76. The van der Waals surface area contributed by atoms with Crippen LogP contribution in [0.3, 0.4) is 0 Å². The minimum Gasteiger partial charge on any atom is -0.332 e. The molecule has 0 unspecified atom stereocenters. The van der Waals surface area contributed by atoms with Gasteiger partial charge in [-0.25, -0.2) is 15.0 Å². The Hall–Kier alpha value is -1.95. The van der Waals surface area contributed by atoms with Crippen LogP contribution in [0.15, 0.2) is 18.5 Å². The van der Waals surface area contributed by atoms with Gasteiger partial charge in [-0.1, -0.05) is 0 Å². The van der Waals surface area contributed by atoms with Gasteiger partial charge in [0.1, 0.15) is 5.82 Å². The van der Waals surface area contributed by atoms with Crippen LogP contribution in [-0.2, 0) is 19.6 Å². The van der Waals surface area contributed by atoms with Crippen molar-refractivity contribution in [3.05, 3.63) is 35.7 Å². The van der Waals surface area contributed by atoms with Crippen molar-refractivity contribution in [3.8, 4) is 0 Å². The Kier molecular flexibility index (Phi) is 2.71. The molecule has 3 rings (SSSR count). The smallest absolute Gasteiger partial charge is 0.226 e. The lowest BCUT2D eigenvalue weighted by Crippen LogP contribution is -2.35. The van der Waals surface area contributed by atoms with E-state index in [1.807, 2.05) is 25.4 Å². The largest absolute Gasteiger partial charge is 0.332 e. The minimum absolute atomic E-state index is 0.443. The van der Waals surface area contributed by atoms with E-state index in [0.29, 0.717) is 6.54 Å². The molecule has 6 nitrogen and oxygen atoms in total. The van der Waals surface area contributed by atoms with Crippen molar-refractivity contribution >= 4 is 5.95 Å². The van der Waals surface area contributed by atoms with Crippen molar-refractivity contribution < 1.29 is 0 Å². The third-order valence-corrected chi connectivity index (χ3v) is 3.13. The fourth-order valence-electron chi connectivity index (χ4n) is 2.21. The normalized spacial score (nSPS) is 14.7. The average molecular weight is 244 g/mol. The Morgan fingerprint density at radius 2 is 2.22 bits per heavy atom. The molecule has 0 radical (unpaired) electrons. The zero-order valence-electron chi connectivity index (χ0n) is 10.4. The van der Waals surface area contributed by atoms with Gasteiger partial charge in [-0.05, 0) is 13.0 Å². The maximum absolute atomic E-state index is 5.65. The van der Waals surface area contributed by atoms with Crippen LogP contribution in [0.4, 0.5) is 5.95 Å². The van der Waals surface area contributed by atoms with Gasteiger partial charge in [0.15, 0.2) is 0 Å². The van der Waals surface area contributed by atoms with Crippen LogP contribution in [0.25, 0.3) is 0 Å². The van der Waals surface area contributed by atoms with Gasteiger partial charge in [0, 0.05) is 37.7 Å². The average Bonchev–Trinajstić information content (AvgIpc) is 2.85. The van der Waals surface area contributed by atoms with Gasteiger partial charge in [0.05, 0.1) is 12.2 Å². The molecule has 0 atom stereocenters. The summed E-state index contributed by atoms with van der Waals surface area (Å²) in [6.07, 6.45) is 3.84. The van der Waals surface area contributed by atoms with E-state index in [9.17, 15) is 0 Å². The molecule has 94 valence electrons. The molecular formula is C12H16N6. The predicted octanol–water partition coefficient (Wildman–Crippen LogP) is 0.460. The van der Waals surface area contributed by atoms with Gasteiger partial charge in [-0.2, -0.15) is 0 Å². The van der Waals surface area contributed by atoms with Crippen molar-refractivity contribution in [2.75, 3.05) is 11.4 Å². The molecule has 1 aliphatic rings. The summed E-state index contributed by atoms with van der Waals surface area (Å²) in [6, 6.07) is 1.92. The highest BCUT2D eigenvalue weighted by molar-refractivity contribution is 5.33. The molecule has 0 spiro atoms. The molecule has 0 saturated carbocycles. The van der Waals surface area contributed by atoms with E-state index in [1.165, 1.54) is 0 Å². The molecule has 0 saturated heterocycles. The fraction of sp³-hybridized carbons (Fsp3) is 0.417. The quantitative estimate of drug-likeness (QED) is 0.831. The standard InChI is InChI=1S/C12H16N6/c1-9-6-10(7-13)16-12(15-9)18-5-4-17-3-2-14-11(17)8-18/h2-3,6H,4-5,7-8,13H2,1H3. The Morgan fingerprint density at radius 3 is 3.06 bits per heavy atom. The maximum Gasteiger partial charge on any atom is 0.226 e. The SMILES string of the molecule is Cc1cc(CN)nc(N2CCn3ccnc3C2)n1. The van der Waals surface area contributed by atoms with Gasteiger partial charge in [-0.15, -0.1) is 0 Å². The Bertz CT molecular complexity index is 561. The molecule has 18 heavy (non-hydrogen) atoms. The van der Waals surface area contributed by atoms with Crippen LogP contribution in [0, 0.1) is 6.92 Å². The van der Waals surface area contributed by atoms with Gasteiger partial charge in [-0.3, -0.25) is 0 Å². The molecule has 0 bridgehead atoms. The summed E-state index contributed by atoms with van der Waals surface area (Å²) in [5.41, 5.74) is 7.49. The second-order valence-corrected chi connectivity index (χ2v) is 4.46. The molecule has 2 N–H and O–H groups in total. The third-order valence-electron chi connectivity index (χ3n) is 3.13. The van der Waals surface area contributed by atoms with E-state index in [2.05, 4.69) is 24.4 Å². The van der Waals surface area contributed by atoms with Crippen LogP contribution in [0.1, 0.15) is 17.2 Å². The highest BCUT2D eigenvalue weighted by Gasteiger charge is 2.19. The fourth-order valence-corrected chi connectivity index (χ4v) is 2.21. The summed E-state index contributed by atoms with van der Waals surface area (Å²) < 4.78 is 2.16. The predicted molar refractivity (Wildman–Crippen MR) is 67.9 cm³/mol. The van der Waals surface area contributed by atoms with Crippen LogP contribution in [0.2, 0.25) is 0 Å². The zero-order valence-corrected chi connectivity index (χ0v) is 10.4. The number of nitrogens with zero attached hydrogens (tertiary/aromatic N) is 5. The number of aryl methyl sites for hydroxylation is 1. The first-order valence-corrected chi connectivity index (χ1v) is 6.06. The number of nitrogens with two attached hydrogens (primary N) is 1. The van der Waals surface area contributed by atoms with Gasteiger partial charge in [0.2, 0.25) is 5.95 Å². The van der Waals surface area contributed by atoms with Crippen molar-refractivity contribution in [1.82, 2.24) is 19.5 Å². The zero-order chi connectivity index (χ0) is 12.5. The van der Waals surface area contributed by atoms with Crippen LogP contribution < -0.4 is 10.6 Å². The molecule has 3 heterocycles. The molecular weight excluding hydrogens is 228 g/mol. The summed E-state index contributed by atoms with van der Waals surface area (Å²) in [5.74, 6) is 1.81. The van der Waals surface area contributed by atoms with Gasteiger partial charge >= 0.3 is 0 Å². The second-order valence-electron chi connectivity index (χ2n) is 4.46. The van der Waals surface area contributed by atoms with E-state index in [1.54, 1.807) is 0 Å². The Balaban J connectivity index is 1.90. The maximum atomic E-state index is 5.65. The molecule has 2 aromatic heterocycles. The number of imidazole rings is 1. The van der Waals surface area contributed by atoms with Crippen molar-refractivity contribution in [2.45, 2.75) is 26.6 Å². The topological polar surface area (TPSA) is 72.9 Å². The number of anilines is 1. The van der Waals surface area contributed by atoms with E-state index in [0.717, 1.165) is 42.8 Å². The molecule has 0 amide bonds. The molecule has 1 aliphatic heterocycles. The molecule has 0 aliphatic carbocycles. The van der Waals surface area contributed by atoms with E-state index in [-0.39, 0.29) is 0 Å². The van der Waals surface area contributed by atoms with E-state index < -0.39 is 0 Å². The second kappa shape index (κ2) is 4.38. The summed E-state index contributed by atoms with van der Waals surface area (Å²) in [6.45, 7) is 4.98. The number of rotatable bonds is 2. The first-order valence-electron chi connectivity index (χ1n) is 6.06. The highest BCUT2D eigenvalue weighted by Crippen LogP contribution is 2.17. The molecule has 0 aromatic carbocycles. The van der Waals surface area contributed by atoms with Crippen molar-refractivity contribution in [3.63, 3.8) is 0 Å². The molecule has 2 aromatic rings. The highest BCUT2D eigenvalue weighted by atomic mass is 15.3. The van der Waals surface area contributed by atoms with E-state index in [4.69, 9.17) is 5.73 Å². The first kappa shape index (κ1) is 11.2. The van der Waals surface area contributed by atoms with Gasteiger partial charge < -0.3 is 15.2 Å². The number of hydrogen-bond donors (Lipinski definition) is 1. The lowest BCUT2D eigenvalue weighted by molar-refractivity contribution is 0.550. The summed E-state index contributed by atoms with van der Waals surface area (Å²) >= 11 is 0. The third kappa shape index (κ3) is 1.95. The van der Waals surface area contributed by atoms with Crippen molar-refractivity contribution in [2.24, 2.45) is 5.73 Å². The Labute approximate surface area is 105 Å². The minimum atomic E-state index is 0.443. The monoisotopic (exact) mass is 244 g/mol. The number of hydrogen-bond acceptors (Lipinski definition) is 5.